The van der Waals surface area contributed by atoms with E-state index in [2.05, 4.69) is 36.4 Å². The standard InChI is InChI=1S/C33H39BrN4O9/c1-18-9-8-12-21(39)11-7-5-6-10-19-13-23(40)29(30(42)28(19)32(43)47-18)22(16-27(41)35-17-26-36-33(34)38-37-26)20-14-24(44-2)31(46-4)25(15-20)45-3/h6,10,13-15,18,22,40,42H,5,7-9,11-12,16-17H2,1-4H3,(H,35,41)(H,36,37,38)/b10-6+/t18-,22?/m0/s1. The van der Waals surface area contributed by atoms with Gasteiger partial charge in [0.05, 0.1) is 34.0 Å². The maximum Gasteiger partial charge on any atom is 0.342 e. The molecule has 1 aromatic heterocycles. The summed E-state index contributed by atoms with van der Waals surface area (Å²) in [5.41, 5.74) is 0.428. The van der Waals surface area contributed by atoms with Crippen molar-refractivity contribution in [1.82, 2.24) is 20.5 Å². The molecule has 1 unspecified atom stereocenters. The van der Waals surface area contributed by atoms with Gasteiger partial charge in [-0.25, -0.2) is 9.78 Å². The van der Waals surface area contributed by atoms with Crippen molar-refractivity contribution < 1.29 is 43.5 Å². The summed E-state index contributed by atoms with van der Waals surface area (Å²) in [6.45, 7) is 1.75. The molecule has 2 heterocycles. The SMILES string of the molecule is COc1cc(C(CC(=O)NCc2nc(Br)n[nH]2)c2c(O)cc3c(c2O)C(=O)O[C@@H](C)CCCC(=O)CCC/C=C/3)cc(OC)c1OC. The van der Waals surface area contributed by atoms with Gasteiger partial charge in [0.2, 0.25) is 16.4 Å². The molecule has 0 bridgehead atoms. The molecule has 4 N–H and O–H groups in total. The van der Waals surface area contributed by atoms with Crippen molar-refractivity contribution in [3.05, 3.63) is 57.1 Å². The zero-order valence-corrected chi connectivity index (χ0v) is 28.3. The number of hydrogen-bond acceptors (Lipinski definition) is 11. The average molecular weight is 716 g/mol. The highest BCUT2D eigenvalue weighted by Gasteiger charge is 2.32. The van der Waals surface area contributed by atoms with Crippen LogP contribution in [0.4, 0.5) is 0 Å². The number of hydrogen-bond donors (Lipinski definition) is 4. The minimum atomic E-state index is -1.01. The predicted octanol–water partition coefficient (Wildman–Crippen LogP) is 5.32. The van der Waals surface area contributed by atoms with E-state index in [1.54, 1.807) is 31.2 Å². The van der Waals surface area contributed by atoms with Gasteiger partial charge >= 0.3 is 5.97 Å². The number of carbonyl (C=O) groups excluding carboxylic acids is 3. The number of rotatable bonds is 9. The van der Waals surface area contributed by atoms with Gasteiger partial charge in [-0.05, 0) is 77.9 Å². The van der Waals surface area contributed by atoms with Crippen LogP contribution >= 0.6 is 15.9 Å². The molecule has 2 atom stereocenters. The van der Waals surface area contributed by atoms with Crippen LogP contribution in [0, 0.1) is 0 Å². The number of cyclic esters (lactones) is 1. The first kappa shape index (κ1) is 35.3. The number of aromatic nitrogens is 3. The number of fused-ring (bicyclic) bond motifs is 1. The summed E-state index contributed by atoms with van der Waals surface area (Å²) in [6.07, 6.45) is 5.61. The molecule has 13 nitrogen and oxygen atoms in total. The Morgan fingerprint density at radius 3 is 2.45 bits per heavy atom. The number of nitrogens with one attached hydrogen (secondary N) is 2. The third kappa shape index (κ3) is 8.82. The van der Waals surface area contributed by atoms with Crippen molar-refractivity contribution in [1.29, 1.82) is 0 Å². The Morgan fingerprint density at radius 2 is 1.81 bits per heavy atom. The molecule has 3 aromatic rings. The molecule has 0 spiro atoms. The van der Waals surface area contributed by atoms with E-state index >= 15 is 0 Å². The smallest absolute Gasteiger partial charge is 0.342 e. The van der Waals surface area contributed by atoms with Crippen molar-refractivity contribution in [3.8, 4) is 28.7 Å². The number of ketones is 1. The Bertz CT molecular complexity index is 1610. The third-order valence-corrected chi connectivity index (χ3v) is 8.19. The van der Waals surface area contributed by atoms with E-state index in [4.69, 9.17) is 18.9 Å². The number of allylic oxidation sites excluding steroid dienone is 1. The number of amides is 1. The Hall–Kier alpha value is -4.59. The van der Waals surface area contributed by atoms with Crippen LogP contribution < -0.4 is 19.5 Å². The monoisotopic (exact) mass is 714 g/mol. The number of phenolic OH excluding ortho intramolecular Hbond substituents is 2. The molecule has 0 aliphatic carbocycles. The van der Waals surface area contributed by atoms with Gasteiger partial charge < -0.3 is 34.5 Å². The van der Waals surface area contributed by atoms with E-state index in [0.717, 1.165) is 0 Å². The van der Waals surface area contributed by atoms with Crippen LogP contribution in [0.25, 0.3) is 6.08 Å². The molecule has 47 heavy (non-hydrogen) atoms. The first-order chi connectivity index (χ1) is 22.6. The van der Waals surface area contributed by atoms with E-state index in [1.807, 2.05) is 0 Å². The second kappa shape index (κ2) is 16.3. The van der Waals surface area contributed by atoms with E-state index in [0.29, 0.717) is 60.4 Å². The van der Waals surface area contributed by atoms with Crippen LogP contribution in [0.2, 0.25) is 0 Å². The van der Waals surface area contributed by atoms with Crippen LogP contribution in [-0.2, 0) is 20.9 Å². The fourth-order valence-electron chi connectivity index (χ4n) is 5.50. The lowest BCUT2D eigenvalue weighted by atomic mass is 9.84. The number of H-pyrrole nitrogens is 1. The summed E-state index contributed by atoms with van der Waals surface area (Å²) in [4.78, 5) is 43.4. The summed E-state index contributed by atoms with van der Waals surface area (Å²) >= 11 is 3.16. The van der Waals surface area contributed by atoms with E-state index in [1.165, 1.54) is 27.4 Å². The fourth-order valence-corrected chi connectivity index (χ4v) is 5.80. The summed E-state index contributed by atoms with van der Waals surface area (Å²) in [5, 5.41) is 32.7. The number of nitrogens with zero attached hydrogens (tertiary/aromatic N) is 2. The Balaban J connectivity index is 1.84. The van der Waals surface area contributed by atoms with Crippen LogP contribution in [0.15, 0.2) is 29.0 Å². The number of ether oxygens (including phenoxy) is 4. The van der Waals surface area contributed by atoms with Crippen LogP contribution in [-0.4, -0.2) is 70.5 Å². The largest absolute Gasteiger partial charge is 0.507 e. The first-order valence-electron chi connectivity index (χ1n) is 15.2. The molecule has 0 radical (unpaired) electrons. The molecular weight excluding hydrogens is 676 g/mol. The van der Waals surface area contributed by atoms with Gasteiger partial charge in [0, 0.05) is 30.7 Å². The van der Waals surface area contributed by atoms with Crippen LogP contribution in [0.3, 0.4) is 0 Å². The van der Waals surface area contributed by atoms with Gasteiger partial charge in [0.1, 0.15) is 28.7 Å². The molecule has 0 saturated carbocycles. The normalized spacial score (nSPS) is 17.1. The van der Waals surface area contributed by atoms with Crippen molar-refractivity contribution in [2.45, 2.75) is 70.4 Å². The second-order valence-electron chi connectivity index (χ2n) is 11.1. The highest BCUT2D eigenvalue weighted by atomic mass is 79.9. The molecule has 2 aromatic carbocycles. The number of halogens is 1. The number of aromatic hydroxyl groups is 2. The molecule has 4 rings (SSSR count). The Morgan fingerprint density at radius 1 is 1.11 bits per heavy atom. The van der Waals surface area contributed by atoms with Gasteiger partial charge in [-0.1, -0.05) is 12.2 Å². The summed E-state index contributed by atoms with van der Waals surface area (Å²) in [7, 11) is 4.34. The van der Waals surface area contributed by atoms with Gasteiger partial charge in [0.25, 0.3) is 0 Å². The number of carbonyl (C=O) groups is 3. The number of aromatic amines is 1. The van der Waals surface area contributed by atoms with E-state index < -0.39 is 29.6 Å². The lowest BCUT2D eigenvalue weighted by Crippen LogP contribution is -2.26. The highest BCUT2D eigenvalue weighted by Crippen LogP contribution is 2.47. The third-order valence-electron chi connectivity index (χ3n) is 7.84. The van der Waals surface area contributed by atoms with Crippen molar-refractivity contribution in [2.24, 2.45) is 0 Å². The summed E-state index contributed by atoms with van der Waals surface area (Å²) in [6, 6.07) is 4.58. The maximum absolute atomic E-state index is 13.6. The van der Waals surface area contributed by atoms with E-state index in [9.17, 15) is 24.6 Å². The van der Waals surface area contributed by atoms with Gasteiger partial charge in [-0.3, -0.25) is 14.7 Å². The average Bonchev–Trinajstić information content (AvgIpc) is 3.46. The summed E-state index contributed by atoms with van der Waals surface area (Å²) < 4.78 is 22.6. The molecule has 0 fully saturated rings. The number of methoxy groups -OCH3 is 3. The Kier molecular flexibility index (Phi) is 12.2. The lowest BCUT2D eigenvalue weighted by Gasteiger charge is -2.24. The number of esters is 1. The quantitative estimate of drug-likeness (QED) is 0.210. The zero-order valence-electron chi connectivity index (χ0n) is 26.7. The van der Waals surface area contributed by atoms with Crippen LogP contribution in [0.1, 0.15) is 90.7 Å². The van der Waals surface area contributed by atoms with Crippen LogP contribution in [0.5, 0.6) is 28.7 Å². The number of phenols is 2. The maximum atomic E-state index is 13.6. The summed E-state index contributed by atoms with van der Waals surface area (Å²) in [5.74, 6) is -1.72. The minimum absolute atomic E-state index is 0.0299. The topological polar surface area (TPSA) is 182 Å². The molecule has 1 aliphatic rings. The van der Waals surface area contributed by atoms with Gasteiger partial charge in [0.15, 0.2) is 11.5 Å². The second-order valence-corrected chi connectivity index (χ2v) is 11.8. The minimum Gasteiger partial charge on any atom is -0.507 e. The number of benzene rings is 2. The van der Waals surface area contributed by atoms with Gasteiger partial charge in [-0.2, -0.15) is 0 Å². The predicted molar refractivity (Wildman–Crippen MR) is 175 cm³/mol. The molecular formula is C33H39BrN4O9. The number of Topliss-reactive ketones (excluding diaryl/α,β-unsaturated/α-hetero) is 1. The molecule has 0 saturated heterocycles. The molecule has 1 amide bonds. The zero-order chi connectivity index (χ0) is 34.1. The Labute approximate surface area is 280 Å². The molecule has 1 aliphatic heterocycles. The van der Waals surface area contributed by atoms with Gasteiger partial charge in [-0.15, -0.1) is 5.10 Å². The van der Waals surface area contributed by atoms with Crippen molar-refractivity contribution >= 4 is 39.7 Å². The molecule has 14 heteroatoms. The highest BCUT2D eigenvalue weighted by molar-refractivity contribution is 9.10. The molecule has 252 valence electrons. The lowest BCUT2D eigenvalue weighted by molar-refractivity contribution is -0.121. The van der Waals surface area contributed by atoms with Crippen molar-refractivity contribution in [3.63, 3.8) is 0 Å². The van der Waals surface area contributed by atoms with E-state index in [-0.39, 0.29) is 52.7 Å². The van der Waals surface area contributed by atoms with Crippen molar-refractivity contribution in [2.75, 3.05) is 21.3 Å². The first-order valence-corrected chi connectivity index (χ1v) is 16.0. The fraction of sp³-hybridized carbons (Fsp3) is 0.424.